The number of fused-ring (bicyclic) bond motifs is 6. The van der Waals surface area contributed by atoms with E-state index in [1.165, 1.54) is 37.4 Å². The Morgan fingerprint density at radius 3 is 1.34 bits per heavy atom. The number of benzene rings is 4. The van der Waals surface area contributed by atoms with Crippen LogP contribution in [0.1, 0.15) is 26.7 Å². The molecule has 0 saturated carbocycles. The van der Waals surface area contributed by atoms with E-state index in [9.17, 15) is 22.7 Å². The quantitative estimate of drug-likeness (QED) is 0.193. The Labute approximate surface area is 231 Å². The number of hydrogen-bond acceptors (Lipinski definition) is 6. The van der Waals surface area contributed by atoms with Crippen LogP contribution in [0.15, 0.2) is 57.4 Å². The molecule has 0 saturated heterocycles. The molecule has 6 nitrogen and oxygen atoms in total. The van der Waals surface area contributed by atoms with Crippen molar-refractivity contribution in [3.05, 3.63) is 71.8 Å². The fourth-order valence-corrected chi connectivity index (χ4v) is 4.42. The summed E-state index contributed by atoms with van der Waals surface area (Å²) in [4.78, 5) is 0. The molecular formula is C31H26F4O6. The van der Waals surface area contributed by atoms with Gasteiger partial charge in [-0.1, -0.05) is 13.8 Å². The summed E-state index contributed by atoms with van der Waals surface area (Å²) >= 11 is 0. The molecule has 0 unspecified atom stereocenters. The molecule has 0 amide bonds. The SMILES string of the molecule is CCCOc1ccc2c(oc3c(F)c(O)ccc32)c1F.CCCOc1ccc2c(oc3c(F)c(OC)ccc32)c1F. The van der Waals surface area contributed by atoms with Crippen molar-refractivity contribution in [2.75, 3.05) is 20.3 Å². The topological polar surface area (TPSA) is 74.2 Å². The van der Waals surface area contributed by atoms with Crippen LogP contribution in [0.25, 0.3) is 43.9 Å². The number of methoxy groups -OCH3 is 1. The Hall–Kier alpha value is -4.60. The molecule has 0 fully saturated rings. The maximum atomic E-state index is 14.4. The van der Waals surface area contributed by atoms with Gasteiger partial charge >= 0.3 is 0 Å². The van der Waals surface area contributed by atoms with Crippen molar-refractivity contribution in [2.45, 2.75) is 26.7 Å². The minimum absolute atomic E-state index is 0.00856. The lowest BCUT2D eigenvalue weighted by Gasteiger charge is -2.05. The molecule has 2 heterocycles. The molecule has 1 N–H and O–H groups in total. The molecule has 2 aromatic heterocycles. The summed E-state index contributed by atoms with van der Waals surface area (Å²) in [6.45, 7) is 4.64. The van der Waals surface area contributed by atoms with Crippen LogP contribution in [0.2, 0.25) is 0 Å². The molecule has 0 atom stereocenters. The van der Waals surface area contributed by atoms with E-state index in [2.05, 4.69) is 0 Å². The fourth-order valence-electron chi connectivity index (χ4n) is 4.42. The highest BCUT2D eigenvalue weighted by molar-refractivity contribution is 6.07. The number of phenolic OH excluding ortho intramolecular Hbond substituents is 1. The van der Waals surface area contributed by atoms with Crippen LogP contribution in [-0.4, -0.2) is 25.4 Å². The predicted octanol–water partition coefficient (Wildman–Crippen LogP) is 9.02. The van der Waals surface area contributed by atoms with Gasteiger partial charge in [0.15, 0.2) is 45.3 Å². The lowest BCUT2D eigenvalue weighted by atomic mass is 10.1. The zero-order valence-corrected chi connectivity index (χ0v) is 22.4. The maximum Gasteiger partial charge on any atom is 0.208 e. The third-order valence-electron chi connectivity index (χ3n) is 6.39. The molecule has 10 heteroatoms. The van der Waals surface area contributed by atoms with Crippen LogP contribution in [0.4, 0.5) is 17.6 Å². The lowest BCUT2D eigenvalue weighted by Crippen LogP contribution is -1.97. The number of phenols is 1. The van der Waals surface area contributed by atoms with Crippen LogP contribution in [0.3, 0.4) is 0 Å². The van der Waals surface area contributed by atoms with Gasteiger partial charge in [-0.3, -0.25) is 0 Å². The Balaban J connectivity index is 0.000000165. The Morgan fingerprint density at radius 2 is 0.927 bits per heavy atom. The number of furan rings is 2. The molecule has 0 aliphatic heterocycles. The standard InChI is InChI=1S/C16H14F2O3.C15H12F2O3/c1-3-8-20-12-7-5-10-9-4-6-11(19-2)13(17)15(9)21-16(10)14(12)18;1-2-7-19-11-6-4-9-8-3-5-10(18)12(16)14(8)20-15(9)13(11)17/h4-7H,3,8H2,1-2H3;3-6,18H,2,7H2,1H3. The fraction of sp³-hybridized carbons (Fsp3) is 0.226. The van der Waals surface area contributed by atoms with Gasteiger partial charge in [-0.2, -0.15) is 17.6 Å². The Bertz CT molecular complexity index is 1870. The molecule has 0 spiro atoms. The third-order valence-corrected chi connectivity index (χ3v) is 6.39. The van der Waals surface area contributed by atoms with Gasteiger partial charge in [0.05, 0.1) is 20.3 Å². The second kappa shape index (κ2) is 11.5. The molecule has 6 aromatic rings. The largest absolute Gasteiger partial charge is 0.505 e. The molecule has 0 aliphatic rings. The van der Waals surface area contributed by atoms with Gasteiger partial charge < -0.3 is 28.2 Å². The van der Waals surface area contributed by atoms with Gasteiger partial charge in [0.2, 0.25) is 23.3 Å². The van der Waals surface area contributed by atoms with Crippen molar-refractivity contribution in [1.29, 1.82) is 0 Å². The Kier molecular flexibility index (Phi) is 7.83. The normalized spacial score (nSPS) is 11.3. The van der Waals surface area contributed by atoms with Crippen molar-refractivity contribution in [2.24, 2.45) is 0 Å². The van der Waals surface area contributed by atoms with Crippen LogP contribution >= 0.6 is 0 Å². The van der Waals surface area contributed by atoms with E-state index in [4.69, 9.17) is 23.0 Å². The van der Waals surface area contributed by atoms with Crippen molar-refractivity contribution < 1.29 is 45.7 Å². The molecule has 4 aromatic carbocycles. The average Bonchev–Trinajstić information content (AvgIpc) is 3.56. The van der Waals surface area contributed by atoms with E-state index >= 15 is 0 Å². The van der Waals surface area contributed by atoms with Crippen LogP contribution in [-0.2, 0) is 0 Å². The van der Waals surface area contributed by atoms with Gasteiger partial charge in [-0.15, -0.1) is 0 Å². The van der Waals surface area contributed by atoms with E-state index in [0.717, 1.165) is 12.8 Å². The maximum absolute atomic E-state index is 14.4. The van der Waals surface area contributed by atoms with Crippen LogP contribution < -0.4 is 14.2 Å². The summed E-state index contributed by atoms with van der Waals surface area (Å²) in [7, 11) is 1.37. The first-order valence-electron chi connectivity index (χ1n) is 13.0. The van der Waals surface area contributed by atoms with E-state index < -0.39 is 29.0 Å². The summed E-state index contributed by atoms with van der Waals surface area (Å²) in [6.07, 6.45) is 1.52. The minimum Gasteiger partial charge on any atom is -0.505 e. The number of ether oxygens (including phenoxy) is 3. The highest BCUT2D eigenvalue weighted by Gasteiger charge is 2.21. The molecule has 0 bridgehead atoms. The third kappa shape index (κ3) is 4.94. The average molecular weight is 571 g/mol. The first-order valence-corrected chi connectivity index (χ1v) is 13.0. The molecular weight excluding hydrogens is 544 g/mol. The second-order valence-corrected chi connectivity index (χ2v) is 9.14. The zero-order chi connectivity index (χ0) is 29.3. The van der Waals surface area contributed by atoms with Gasteiger partial charge in [0, 0.05) is 21.5 Å². The smallest absolute Gasteiger partial charge is 0.208 e. The van der Waals surface area contributed by atoms with E-state index in [-0.39, 0.29) is 39.6 Å². The lowest BCUT2D eigenvalue weighted by molar-refractivity contribution is 0.301. The van der Waals surface area contributed by atoms with Crippen LogP contribution in [0, 0.1) is 23.3 Å². The van der Waals surface area contributed by atoms with Crippen LogP contribution in [0.5, 0.6) is 23.0 Å². The van der Waals surface area contributed by atoms with Crippen molar-refractivity contribution in [3.8, 4) is 23.0 Å². The number of aromatic hydroxyl groups is 1. The Morgan fingerprint density at radius 1 is 0.561 bits per heavy atom. The summed E-state index contributed by atoms with van der Waals surface area (Å²) in [5, 5.41) is 11.2. The first-order chi connectivity index (χ1) is 19.8. The van der Waals surface area contributed by atoms with Crippen molar-refractivity contribution >= 4 is 43.9 Å². The monoisotopic (exact) mass is 570 g/mol. The summed E-state index contributed by atoms with van der Waals surface area (Å²) < 4.78 is 82.6. The molecule has 6 rings (SSSR count). The van der Waals surface area contributed by atoms with E-state index in [1.807, 2.05) is 13.8 Å². The number of hydrogen-bond donors (Lipinski definition) is 1. The van der Waals surface area contributed by atoms with Gasteiger partial charge in [0.25, 0.3) is 0 Å². The second-order valence-electron chi connectivity index (χ2n) is 9.14. The summed E-state index contributed by atoms with van der Waals surface area (Å²) in [6, 6.07) is 12.2. The van der Waals surface area contributed by atoms with E-state index in [0.29, 0.717) is 34.8 Å². The summed E-state index contributed by atoms with van der Waals surface area (Å²) in [5.74, 6) is -3.10. The predicted molar refractivity (Wildman–Crippen MR) is 147 cm³/mol. The number of halogens is 4. The summed E-state index contributed by atoms with van der Waals surface area (Å²) in [5.41, 5.74) is -0.258. The highest BCUT2D eigenvalue weighted by Crippen LogP contribution is 2.39. The van der Waals surface area contributed by atoms with Gasteiger partial charge in [-0.05, 0) is 61.4 Å². The molecule has 0 aliphatic carbocycles. The molecule has 41 heavy (non-hydrogen) atoms. The van der Waals surface area contributed by atoms with Gasteiger partial charge in [0.1, 0.15) is 0 Å². The van der Waals surface area contributed by atoms with E-state index in [1.54, 1.807) is 18.2 Å². The van der Waals surface area contributed by atoms with Crippen molar-refractivity contribution in [1.82, 2.24) is 0 Å². The molecule has 0 radical (unpaired) electrons. The molecule has 214 valence electrons. The highest BCUT2D eigenvalue weighted by atomic mass is 19.1. The zero-order valence-electron chi connectivity index (χ0n) is 22.4. The number of rotatable bonds is 7. The first kappa shape index (κ1) is 27.9. The van der Waals surface area contributed by atoms with Crippen molar-refractivity contribution in [3.63, 3.8) is 0 Å². The minimum atomic E-state index is -0.894. The van der Waals surface area contributed by atoms with Gasteiger partial charge in [-0.25, -0.2) is 0 Å².